The Hall–Kier alpha value is -5.31. The summed E-state index contributed by atoms with van der Waals surface area (Å²) in [7, 11) is 0. The van der Waals surface area contributed by atoms with Crippen molar-refractivity contribution in [1.29, 1.82) is 0 Å². The number of benzene rings is 7. The van der Waals surface area contributed by atoms with Crippen molar-refractivity contribution in [3.05, 3.63) is 229 Å². The first kappa shape index (κ1) is 44.5. The maximum atomic E-state index is 6.98. The van der Waals surface area contributed by atoms with Crippen LogP contribution >= 0.6 is 69.6 Å². The van der Waals surface area contributed by atoms with E-state index >= 15 is 0 Å². The van der Waals surface area contributed by atoms with E-state index in [-0.39, 0.29) is 0 Å². The highest BCUT2D eigenvalue weighted by atomic mass is 35.5. The van der Waals surface area contributed by atoms with Crippen LogP contribution in [0.2, 0.25) is 30.9 Å². The van der Waals surface area contributed by atoms with Gasteiger partial charge in [-0.25, -0.2) is 27.4 Å². The predicted molar refractivity (Wildman–Crippen MR) is 271 cm³/mol. The van der Waals surface area contributed by atoms with Crippen molar-refractivity contribution in [2.45, 2.75) is 58.5 Å². The molecular weight excluding hydrogens is 945 g/mol. The Balaban J connectivity index is 0.912. The average molecular weight is 991 g/mol. The summed E-state index contributed by atoms with van der Waals surface area (Å²) in [4.78, 5) is 0. The minimum Gasteiger partial charge on any atom is -0.219 e. The number of nitrogens with zero attached hydrogens (tertiary/aromatic N) is 6. The molecule has 0 bridgehead atoms. The molecule has 10 aromatic rings. The third kappa shape index (κ3) is 9.73. The summed E-state index contributed by atoms with van der Waals surface area (Å²) in [5.41, 5.74) is 6.81. The molecule has 12 heteroatoms. The lowest BCUT2D eigenvalue weighted by Crippen LogP contribution is -2.36. The van der Waals surface area contributed by atoms with Crippen LogP contribution in [0.5, 0.6) is 0 Å². The summed E-state index contributed by atoms with van der Waals surface area (Å²) in [5.74, 6) is 0. The molecule has 0 fully saturated rings. The molecule has 0 aliphatic rings. The first-order valence-corrected chi connectivity index (χ1v) is 24.2. The fourth-order valence-electron chi connectivity index (χ4n) is 8.95. The van der Waals surface area contributed by atoms with Gasteiger partial charge in [0.05, 0.1) is 19.6 Å². The molecule has 7 aromatic carbocycles. The van der Waals surface area contributed by atoms with Crippen molar-refractivity contribution in [2.24, 2.45) is 0 Å². The Kier molecular flexibility index (Phi) is 13.2. The molecule has 0 N–H and O–H groups in total. The number of halogens is 6. The number of fused-ring (bicyclic) bond motifs is 3. The van der Waals surface area contributed by atoms with Gasteiger partial charge in [0.25, 0.3) is 30.9 Å². The van der Waals surface area contributed by atoms with Gasteiger partial charge in [0.1, 0.15) is 19.6 Å². The molecule has 0 atom stereocenters. The third-order valence-corrected chi connectivity index (χ3v) is 15.1. The van der Waals surface area contributed by atoms with Crippen LogP contribution in [-0.4, -0.2) is 13.7 Å². The van der Waals surface area contributed by atoms with E-state index in [1.165, 1.54) is 49.0 Å². The topological polar surface area (TPSA) is 26.4 Å². The zero-order valence-corrected chi connectivity index (χ0v) is 40.4. The minimum atomic E-state index is 0.475. The van der Waals surface area contributed by atoms with Gasteiger partial charge in [-0.2, -0.15) is 0 Å². The minimum absolute atomic E-state index is 0.475. The Bertz CT molecular complexity index is 3040. The summed E-state index contributed by atoms with van der Waals surface area (Å²) >= 11 is 41.7. The van der Waals surface area contributed by atoms with Gasteiger partial charge in [0.15, 0.2) is 0 Å². The second-order valence-electron chi connectivity index (χ2n) is 17.0. The Morgan fingerprint density at radius 3 is 0.864 bits per heavy atom. The molecule has 0 radical (unpaired) electrons. The summed E-state index contributed by atoms with van der Waals surface area (Å²) in [6.07, 6.45) is 8.42. The monoisotopic (exact) mass is 987 g/mol. The normalized spacial score (nSPS) is 11.7. The second-order valence-corrected chi connectivity index (χ2v) is 19.2. The van der Waals surface area contributed by atoms with Gasteiger partial charge in [-0.05, 0) is 154 Å². The number of imidazole rings is 3. The molecule has 0 amide bonds. The molecule has 0 spiro atoms. The van der Waals surface area contributed by atoms with Crippen LogP contribution in [0.3, 0.4) is 0 Å². The lowest BCUT2D eigenvalue weighted by molar-refractivity contribution is -0.687. The lowest BCUT2D eigenvalue weighted by Gasteiger charge is -2.08. The van der Waals surface area contributed by atoms with Crippen LogP contribution in [0.25, 0.3) is 32.3 Å². The zero-order chi connectivity index (χ0) is 45.3. The lowest BCUT2D eigenvalue weighted by atomic mass is 10.0. The Labute approximate surface area is 413 Å². The van der Waals surface area contributed by atoms with Crippen molar-refractivity contribution in [3.63, 3.8) is 0 Å². The van der Waals surface area contributed by atoms with E-state index in [0.717, 1.165) is 36.0 Å². The van der Waals surface area contributed by atoms with Crippen LogP contribution in [-0.2, 0) is 58.5 Å². The summed E-state index contributed by atoms with van der Waals surface area (Å²) < 4.78 is 12.0. The maximum Gasteiger partial charge on any atom is 0.255 e. The summed E-state index contributed by atoms with van der Waals surface area (Å²) in [6, 6.07) is 51.5. The van der Waals surface area contributed by atoms with Crippen molar-refractivity contribution < 1.29 is 13.7 Å². The van der Waals surface area contributed by atoms with Gasteiger partial charge >= 0.3 is 0 Å². The number of aromatic nitrogens is 6. The molecule has 3 aromatic heterocycles. The number of hydrogen-bond acceptors (Lipinski definition) is 0. The first-order chi connectivity index (χ1) is 32.1. The van der Waals surface area contributed by atoms with E-state index in [1.807, 2.05) is 46.4 Å². The third-order valence-electron chi connectivity index (χ3n) is 12.4. The summed E-state index contributed by atoms with van der Waals surface area (Å²) in [5, 5.41) is 10.2. The molecule has 0 saturated carbocycles. The number of rotatable bonds is 15. The predicted octanol–water partition coefficient (Wildman–Crippen LogP) is 13.2. The van der Waals surface area contributed by atoms with Crippen LogP contribution in [0.4, 0.5) is 0 Å². The van der Waals surface area contributed by atoms with Gasteiger partial charge in [-0.3, -0.25) is 0 Å². The number of aryl methyl sites for hydroxylation is 6. The van der Waals surface area contributed by atoms with Crippen molar-refractivity contribution >= 4 is 102 Å². The second kappa shape index (κ2) is 19.5. The summed E-state index contributed by atoms with van der Waals surface area (Å²) in [6.45, 7) is 3.49. The van der Waals surface area contributed by atoms with Gasteiger partial charge < -0.3 is 0 Å². The van der Waals surface area contributed by atoms with Crippen LogP contribution < -0.4 is 13.7 Å². The molecule has 0 unspecified atom stereocenters. The maximum absolute atomic E-state index is 6.98. The molecule has 3 heterocycles. The molecule has 66 heavy (non-hydrogen) atoms. The van der Waals surface area contributed by atoms with Crippen LogP contribution in [0, 0.1) is 0 Å². The van der Waals surface area contributed by atoms with E-state index in [9.17, 15) is 0 Å². The van der Waals surface area contributed by atoms with Gasteiger partial charge in [0.2, 0.25) is 19.0 Å². The van der Waals surface area contributed by atoms with Gasteiger partial charge in [-0.1, -0.05) is 127 Å². The highest BCUT2D eigenvalue weighted by Gasteiger charge is 2.25. The van der Waals surface area contributed by atoms with Gasteiger partial charge in [-0.15, -0.1) is 0 Å². The molecule has 10 rings (SSSR count). The first-order valence-electron chi connectivity index (χ1n) is 22.0. The van der Waals surface area contributed by atoms with Crippen molar-refractivity contribution in [2.75, 3.05) is 0 Å². The van der Waals surface area contributed by atoms with E-state index in [0.29, 0.717) is 70.2 Å². The highest BCUT2D eigenvalue weighted by molar-refractivity contribution is 6.40. The fraction of sp³-hybridized carbons (Fsp3) is 0.167. The number of hydrogen-bond donors (Lipinski definition) is 0. The fourth-order valence-corrected chi connectivity index (χ4v) is 10.3. The molecular formula is C54H45Cl6N6+3. The highest BCUT2D eigenvalue weighted by Crippen LogP contribution is 2.26. The van der Waals surface area contributed by atoms with Crippen molar-refractivity contribution in [3.8, 4) is 0 Å². The quantitative estimate of drug-likeness (QED) is 0.0915. The molecule has 330 valence electrons. The molecule has 0 saturated heterocycles. The Morgan fingerprint density at radius 2 is 0.576 bits per heavy atom. The Morgan fingerprint density at radius 1 is 0.303 bits per heavy atom. The SMILES string of the molecule is Clc1c(Cl)[n+](Cc2cc(C[n+]3cn(CCc4ccc5ccccc5c4)c(Cl)c3Cl)cc(C[n+]3cn(CCc4ccc5ccccc5c4)c(Cl)c3Cl)c2)cn1CCc1ccc2ccccc2c1. The molecule has 0 aliphatic carbocycles. The van der Waals surface area contributed by atoms with E-state index in [4.69, 9.17) is 69.6 Å². The zero-order valence-electron chi connectivity index (χ0n) is 35.9. The average Bonchev–Trinajstić information content (AvgIpc) is 3.88. The molecule has 6 nitrogen and oxygen atoms in total. The van der Waals surface area contributed by atoms with Crippen LogP contribution in [0.15, 0.2) is 165 Å². The van der Waals surface area contributed by atoms with E-state index in [1.54, 1.807) is 0 Å². The van der Waals surface area contributed by atoms with Crippen molar-refractivity contribution in [1.82, 2.24) is 13.7 Å². The smallest absolute Gasteiger partial charge is 0.219 e. The van der Waals surface area contributed by atoms with Crippen LogP contribution in [0.1, 0.15) is 33.4 Å². The van der Waals surface area contributed by atoms with E-state index < -0.39 is 0 Å². The van der Waals surface area contributed by atoms with Gasteiger partial charge in [0, 0.05) is 19.3 Å². The largest absolute Gasteiger partial charge is 0.255 e. The van der Waals surface area contributed by atoms with E-state index in [2.05, 4.69) is 146 Å². The molecule has 0 aliphatic heterocycles. The standard InChI is InChI=1S/C54H45Cl6N6/c55-49-52(58)64(34-61(49)22-19-37-13-16-43-7-1-4-10-46(43)28-37)31-40-25-41(32-65-35-62(50(56)53(65)59)23-20-38-14-17-44-8-2-5-11-47(44)29-38)27-42(26-40)33-66-36-63(51(57)54(66)60)24-21-39-15-18-45-9-3-6-12-48(45)30-39/h1-18,25-30,34-36H,19-24,31-33H2/q+3.